The average molecular weight is 302 g/mol. The van der Waals surface area contributed by atoms with Gasteiger partial charge in [0.15, 0.2) is 0 Å². The van der Waals surface area contributed by atoms with E-state index >= 15 is 0 Å². The van der Waals surface area contributed by atoms with Crippen LogP contribution in [0.1, 0.15) is 24.9 Å². The largest absolute Gasteiger partial charge is 0.311 e. The van der Waals surface area contributed by atoms with Gasteiger partial charge in [0.05, 0.1) is 5.69 Å². The van der Waals surface area contributed by atoms with Crippen molar-refractivity contribution in [3.8, 4) is 0 Å². The van der Waals surface area contributed by atoms with E-state index in [0.717, 1.165) is 41.7 Å². The van der Waals surface area contributed by atoms with Crippen LogP contribution in [0.25, 0.3) is 5.65 Å². The Morgan fingerprint density at radius 2 is 2.24 bits per heavy atom. The third kappa shape index (κ3) is 3.08. The van der Waals surface area contributed by atoms with E-state index in [0.29, 0.717) is 5.16 Å². The van der Waals surface area contributed by atoms with Gasteiger partial charge in [-0.15, -0.1) is 5.10 Å². The number of imidazole rings is 1. The lowest BCUT2D eigenvalue weighted by Gasteiger charge is -2.05. The molecule has 0 saturated heterocycles. The van der Waals surface area contributed by atoms with Crippen LogP contribution in [0.15, 0.2) is 34.6 Å². The van der Waals surface area contributed by atoms with Gasteiger partial charge in [-0.3, -0.25) is 5.10 Å². The minimum atomic E-state index is 0.702. The summed E-state index contributed by atoms with van der Waals surface area (Å²) in [4.78, 5) is 9.03. The Labute approximate surface area is 127 Å². The number of aromatic amines is 1. The molecule has 6 nitrogen and oxygen atoms in total. The number of nitrogens with one attached hydrogen (secondary N) is 2. The Morgan fingerprint density at radius 1 is 1.33 bits per heavy atom. The molecule has 2 N–H and O–H groups in total. The van der Waals surface area contributed by atoms with Gasteiger partial charge in [0.25, 0.3) is 0 Å². The molecule has 3 aromatic rings. The van der Waals surface area contributed by atoms with Crippen LogP contribution in [0.2, 0.25) is 0 Å². The average Bonchev–Trinajstić information content (AvgIpc) is 3.04. The van der Waals surface area contributed by atoms with Gasteiger partial charge < -0.3 is 9.72 Å². The van der Waals surface area contributed by atoms with Crippen LogP contribution >= 0.6 is 11.8 Å². The zero-order chi connectivity index (χ0) is 14.7. The van der Waals surface area contributed by atoms with Crippen LogP contribution in [0.4, 0.5) is 0 Å². The first-order valence-electron chi connectivity index (χ1n) is 7.01. The van der Waals surface area contributed by atoms with Gasteiger partial charge in [0.1, 0.15) is 16.5 Å². The molecule has 0 aromatic carbocycles. The second-order valence-electron chi connectivity index (χ2n) is 4.77. The highest BCUT2D eigenvalue weighted by Crippen LogP contribution is 2.28. The fraction of sp³-hybridized carbons (Fsp3) is 0.357. The van der Waals surface area contributed by atoms with Crippen molar-refractivity contribution in [2.75, 3.05) is 6.54 Å². The number of aryl methyl sites for hydroxylation is 1. The first-order valence-corrected chi connectivity index (χ1v) is 7.83. The van der Waals surface area contributed by atoms with Crippen molar-refractivity contribution in [2.45, 2.75) is 37.0 Å². The van der Waals surface area contributed by atoms with Gasteiger partial charge in [-0.05, 0) is 43.8 Å². The lowest BCUT2D eigenvalue weighted by atomic mass is 10.4. The van der Waals surface area contributed by atoms with E-state index in [1.807, 2.05) is 31.3 Å². The van der Waals surface area contributed by atoms with Gasteiger partial charge in [-0.1, -0.05) is 13.0 Å². The van der Waals surface area contributed by atoms with Crippen LogP contribution in [-0.4, -0.2) is 31.1 Å². The summed E-state index contributed by atoms with van der Waals surface area (Å²) in [5.74, 6) is 0.812. The third-order valence-electron chi connectivity index (χ3n) is 3.08. The Bertz CT molecular complexity index is 732. The van der Waals surface area contributed by atoms with E-state index in [4.69, 9.17) is 0 Å². The molecule has 0 bridgehead atoms. The molecule has 0 aliphatic carbocycles. The monoisotopic (exact) mass is 302 g/mol. The molecule has 3 aromatic heterocycles. The van der Waals surface area contributed by atoms with Crippen LogP contribution in [-0.2, 0) is 6.54 Å². The molecule has 3 heterocycles. The Hall–Kier alpha value is -1.86. The van der Waals surface area contributed by atoms with Crippen molar-refractivity contribution < 1.29 is 0 Å². The summed E-state index contributed by atoms with van der Waals surface area (Å²) in [7, 11) is 0. The lowest BCUT2D eigenvalue weighted by Crippen LogP contribution is -2.15. The molecule has 0 amide bonds. The highest BCUT2D eigenvalue weighted by atomic mass is 32.2. The molecule has 0 atom stereocenters. The number of H-pyrrole nitrogens is 1. The van der Waals surface area contributed by atoms with E-state index in [9.17, 15) is 0 Å². The minimum Gasteiger partial charge on any atom is -0.311 e. The molecule has 0 spiro atoms. The van der Waals surface area contributed by atoms with Crippen molar-refractivity contribution in [2.24, 2.45) is 0 Å². The highest BCUT2D eigenvalue weighted by Gasteiger charge is 2.14. The molecular formula is C14H18N6S. The minimum absolute atomic E-state index is 0.702. The number of rotatable bonds is 6. The SMILES string of the molecule is CCCNCc1c(Sc2n[nH]c(C)n2)nc2ccccn12. The molecule has 0 unspecified atom stereocenters. The van der Waals surface area contributed by atoms with Crippen LogP contribution < -0.4 is 5.32 Å². The quantitative estimate of drug-likeness (QED) is 0.684. The number of nitrogens with zero attached hydrogens (tertiary/aromatic N) is 4. The van der Waals surface area contributed by atoms with Gasteiger partial charge in [-0.25, -0.2) is 9.97 Å². The summed E-state index contributed by atoms with van der Waals surface area (Å²) in [5, 5.41) is 12.1. The molecule has 21 heavy (non-hydrogen) atoms. The van der Waals surface area contributed by atoms with Crippen LogP contribution in [0.3, 0.4) is 0 Å². The zero-order valence-electron chi connectivity index (χ0n) is 12.1. The van der Waals surface area contributed by atoms with Crippen molar-refractivity contribution in [1.82, 2.24) is 29.9 Å². The Kier molecular flexibility index (Phi) is 4.21. The highest BCUT2D eigenvalue weighted by molar-refractivity contribution is 7.99. The van der Waals surface area contributed by atoms with Crippen LogP contribution in [0.5, 0.6) is 0 Å². The maximum absolute atomic E-state index is 4.69. The molecule has 0 aliphatic heterocycles. The second kappa shape index (κ2) is 6.28. The first-order chi connectivity index (χ1) is 10.3. The first kappa shape index (κ1) is 14.1. The molecule has 3 rings (SSSR count). The normalized spacial score (nSPS) is 11.3. The second-order valence-corrected chi connectivity index (χ2v) is 5.73. The third-order valence-corrected chi connectivity index (χ3v) is 3.96. The van der Waals surface area contributed by atoms with Gasteiger partial charge in [0, 0.05) is 12.7 Å². The number of hydrogen-bond donors (Lipinski definition) is 2. The molecule has 110 valence electrons. The van der Waals surface area contributed by atoms with Crippen LogP contribution in [0, 0.1) is 6.92 Å². The molecule has 0 saturated carbocycles. The number of aromatic nitrogens is 5. The van der Waals surface area contributed by atoms with Crippen molar-refractivity contribution >= 4 is 17.4 Å². The van der Waals surface area contributed by atoms with E-state index < -0.39 is 0 Å². The van der Waals surface area contributed by atoms with E-state index in [1.54, 1.807) is 0 Å². The van der Waals surface area contributed by atoms with Gasteiger partial charge in [0.2, 0.25) is 5.16 Å². The standard InChI is InChI=1S/C14H18N6S/c1-3-7-15-9-11-13(21-14-16-10(2)18-19-14)17-12-6-4-5-8-20(11)12/h4-6,8,15H,3,7,9H2,1-2H3,(H,16,18,19). The van der Waals surface area contributed by atoms with E-state index in [2.05, 4.69) is 36.8 Å². The maximum atomic E-state index is 4.69. The topological polar surface area (TPSA) is 70.9 Å². The molecule has 0 aliphatic rings. The fourth-order valence-electron chi connectivity index (χ4n) is 2.11. The lowest BCUT2D eigenvalue weighted by molar-refractivity contribution is 0.652. The molecular weight excluding hydrogens is 284 g/mol. The van der Waals surface area contributed by atoms with E-state index in [1.165, 1.54) is 11.8 Å². The Balaban J connectivity index is 1.93. The van der Waals surface area contributed by atoms with Gasteiger partial charge in [-0.2, -0.15) is 0 Å². The summed E-state index contributed by atoms with van der Waals surface area (Å²) in [6.07, 6.45) is 3.15. The molecule has 7 heteroatoms. The van der Waals surface area contributed by atoms with Gasteiger partial charge >= 0.3 is 0 Å². The summed E-state index contributed by atoms with van der Waals surface area (Å²) in [5.41, 5.74) is 2.09. The number of hydrogen-bond acceptors (Lipinski definition) is 5. The predicted molar refractivity (Wildman–Crippen MR) is 82.4 cm³/mol. The summed E-state index contributed by atoms with van der Waals surface area (Å²) < 4.78 is 2.12. The summed E-state index contributed by atoms with van der Waals surface area (Å²) in [6, 6.07) is 6.02. The summed E-state index contributed by atoms with van der Waals surface area (Å²) >= 11 is 1.49. The zero-order valence-corrected chi connectivity index (χ0v) is 12.9. The van der Waals surface area contributed by atoms with Crippen molar-refractivity contribution in [1.29, 1.82) is 0 Å². The maximum Gasteiger partial charge on any atom is 0.214 e. The Morgan fingerprint density at radius 3 is 3.00 bits per heavy atom. The summed E-state index contributed by atoms with van der Waals surface area (Å²) in [6.45, 7) is 5.83. The molecule has 0 radical (unpaired) electrons. The van der Waals surface area contributed by atoms with Crippen molar-refractivity contribution in [3.63, 3.8) is 0 Å². The van der Waals surface area contributed by atoms with Crippen molar-refractivity contribution in [3.05, 3.63) is 35.9 Å². The number of fused-ring (bicyclic) bond motifs is 1. The predicted octanol–water partition coefficient (Wildman–Crippen LogP) is 2.41. The molecule has 0 fully saturated rings. The van der Waals surface area contributed by atoms with E-state index in [-0.39, 0.29) is 0 Å². The fourth-order valence-corrected chi connectivity index (χ4v) is 2.98. The smallest absolute Gasteiger partial charge is 0.214 e. The number of pyridine rings is 1.